The molecule has 0 spiro atoms. The average Bonchev–Trinajstić information content (AvgIpc) is 2.56. The van der Waals surface area contributed by atoms with Gasteiger partial charge in [0.05, 0.1) is 20.3 Å². The summed E-state index contributed by atoms with van der Waals surface area (Å²) in [6.45, 7) is 8.12. The van der Waals surface area contributed by atoms with Crippen molar-refractivity contribution in [3.05, 3.63) is 23.8 Å². The molecule has 138 valence electrons. The van der Waals surface area contributed by atoms with Gasteiger partial charge in [-0.1, -0.05) is 19.9 Å². The summed E-state index contributed by atoms with van der Waals surface area (Å²) >= 11 is 0. The first kappa shape index (κ1) is 22.8. The molecule has 0 aromatic heterocycles. The van der Waals surface area contributed by atoms with Gasteiger partial charge in [0.25, 0.3) is 0 Å². The third-order valence-electron chi connectivity index (χ3n) is 3.21. The standard InChI is InChI=1S/C17H29N3O3.HI/c1-6-18-17(19-10-12(2)3)20-11-14(21)13-7-8-15(22-4)16(9-13)23-5;/h7-9,12,14,21H,6,10-11H2,1-5H3,(H2,18,19,20);1H. The van der Waals surface area contributed by atoms with Crippen LogP contribution in [-0.4, -0.2) is 44.9 Å². The third kappa shape index (κ3) is 7.57. The van der Waals surface area contributed by atoms with Crippen molar-refractivity contribution in [3.8, 4) is 11.5 Å². The zero-order valence-corrected chi connectivity index (χ0v) is 17.5. The molecule has 0 saturated carbocycles. The molecule has 0 aliphatic heterocycles. The number of benzene rings is 1. The van der Waals surface area contributed by atoms with E-state index in [9.17, 15) is 5.11 Å². The number of methoxy groups -OCH3 is 2. The van der Waals surface area contributed by atoms with E-state index in [-0.39, 0.29) is 24.0 Å². The number of aliphatic hydroxyl groups is 1. The minimum atomic E-state index is -0.669. The first-order valence-electron chi connectivity index (χ1n) is 7.93. The largest absolute Gasteiger partial charge is 0.493 e. The van der Waals surface area contributed by atoms with E-state index in [0.717, 1.165) is 18.7 Å². The summed E-state index contributed by atoms with van der Waals surface area (Å²) in [5.41, 5.74) is 0.759. The highest BCUT2D eigenvalue weighted by Gasteiger charge is 2.12. The number of rotatable bonds is 8. The fraction of sp³-hybridized carbons (Fsp3) is 0.588. The number of hydrogen-bond donors (Lipinski definition) is 3. The van der Waals surface area contributed by atoms with Gasteiger partial charge in [-0.3, -0.25) is 4.99 Å². The lowest BCUT2D eigenvalue weighted by molar-refractivity contribution is 0.180. The fourth-order valence-corrected chi connectivity index (χ4v) is 1.99. The van der Waals surface area contributed by atoms with Crippen molar-refractivity contribution in [3.63, 3.8) is 0 Å². The molecule has 0 amide bonds. The van der Waals surface area contributed by atoms with Crippen LogP contribution in [-0.2, 0) is 0 Å². The molecule has 1 atom stereocenters. The molecule has 0 fully saturated rings. The third-order valence-corrected chi connectivity index (χ3v) is 3.21. The second kappa shape index (κ2) is 12.2. The van der Waals surface area contributed by atoms with Crippen LogP contribution in [0.4, 0.5) is 0 Å². The van der Waals surface area contributed by atoms with E-state index in [0.29, 0.717) is 29.9 Å². The van der Waals surface area contributed by atoms with Gasteiger partial charge in [-0.25, -0.2) is 0 Å². The van der Waals surface area contributed by atoms with E-state index in [4.69, 9.17) is 9.47 Å². The Balaban J connectivity index is 0.00000529. The Morgan fingerprint density at radius 3 is 2.38 bits per heavy atom. The Kier molecular flexibility index (Phi) is 11.6. The van der Waals surface area contributed by atoms with E-state index in [2.05, 4.69) is 29.5 Å². The minimum absolute atomic E-state index is 0. The summed E-state index contributed by atoms with van der Waals surface area (Å²) < 4.78 is 10.5. The van der Waals surface area contributed by atoms with E-state index in [1.165, 1.54) is 0 Å². The lowest BCUT2D eigenvalue weighted by Gasteiger charge is -2.17. The summed E-state index contributed by atoms with van der Waals surface area (Å²) in [6, 6.07) is 5.39. The van der Waals surface area contributed by atoms with Gasteiger partial charge in [0, 0.05) is 19.6 Å². The van der Waals surface area contributed by atoms with E-state index in [1.807, 2.05) is 13.0 Å². The lowest BCUT2D eigenvalue weighted by Crippen LogP contribution is -2.39. The maximum atomic E-state index is 10.4. The molecule has 0 saturated heterocycles. The van der Waals surface area contributed by atoms with Crippen molar-refractivity contribution >= 4 is 29.9 Å². The monoisotopic (exact) mass is 451 g/mol. The molecule has 3 N–H and O–H groups in total. The Bertz CT molecular complexity index is 510. The molecule has 1 rings (SSSR count). The number of aliphatic imine (C=N–C) groups is 1. The second-order valence-corrected chi connectivity index (χ2v) is 5.62. The number of nitrogens with one attached hydrogen (secondary N) is 2. The van der Waals surface area contributed by atoms with Crippen molar-refractivity contribution in [2.45, 2.75) is 26.9 Å². The number of guanidine groups is 1. The Labute approximate surface area is 162 Å². The number of halogens is 1. The highest BCUT2D eigenvalue weighted by molar-refractivity contribution is 14.0. The van der Waals surface area contributed by atoms with Crippen LogP contribution in [0.3, 0.4) is 0 Å². The summed E-state index contributed by atoms with van der Waals surface area (Å²) in [5.74, 6) is 2.44. The van der Waals surface area contributed by atoms with Crippen LogP contribution < -0.4 is 20.1 Å². The number of hydrogen-bond acceptors (Lipinski definition) is 4. The first-order valence-corrected chi connectivity index (χ1v) is 7.93. The average molecular weight is 451 g/mol. The SMILES string of the molecule is CCNC(=NCC(C)C)NCC(O)c1ccc(OC)c(OC)c1.I. The minimum Gasteiger partial charge on any atom is -0.493 e. The molecule has 0 radical (unpaired) electrons. The summed E-state index contributed by atoms with van der Waals surface area (Å²) in [7, 11) is 3.16. The zero-order chi connectivity index (χ0) is 17.2. The summed E-state index contributed by atoms with van der Waals surface area (Å²) in [5, 5.41) is 16.7. The predicted molar refractivity (Wildman–Crippen MR) is 109 cm³/mol. The number of ether oxygens (including phenoxy) is 2. The van der Waals surface area contributed by atoms with Gasteiger partial charge in [-0.15, -0.1) is 24.0 Å². The quantitative estimate of drug-likeness (QED) is 0.322. The van der Waals surface area contributed by atoms with Crippen molar-refractivity contribution in [2.24, 2.45) is 10.9 Å². The van der Waals surface area contributed by atoms with Gasteiger partial charge in [0.1, 0.15) is 0 Å². The maximum absolute atomic E-state index is 10.4. The first-order chi connectivity index (χ1) is 11.0. The summed E-state index contributed by atoms with van der Waals surface area (Å²) in [4.78, 5) is 4.48. The molecule has 1 aromatic rings. The van der Waals surface area contributed by atoms with Crippen LogP contribution in [0.2, 0.25) is 0 Å². The summed E-state index contributed by atoms with van der Waals surface area (Å²) in [6.07, 6.45) is -0.669. The van der Waals surface area contributed by atoms with Crippen LogP contribution in [0.15, 0.2) is 23.2 Å². The van der Waals surface area contributed by atoms with Gasteiger partial charge in [-0.2, -0.15) is 0 Å². The van der Waals surface area contributed by atoms with Gasteiger partial charge in [-0.05, 0) is 30.5 Å². The normalized spacial score (nSPS) is 12.4. The Morgan fingerprint density at radius 2 is 1.83 bits per heavy atom. The van der Waals surface area contributed by atoms with Crippen molar-refractivity contribution in [1.29, 1.82) is 0 Å². The number of nitrogens with zero attached hydrogens (tertiary/aromatic N) is 1. The van der Waals surface area contributed by atoms with Gasteiger partial charge in [0.2, 0.25) is 0 Å². The van der Waals surface area contributed by atoms with Gasteiger partial charge in [0.15, 0.2) is 17.5 Å². The molecule has 7 heteroatoms. The zero-order valence-electron chi connectivity index (χ0n) is 15.1. The molecule has 6 nitrogen and oxygen atoms in total. The second-order valence-electron chi connectivity index (χ2n) is 5.62. The molecule has 0 aliphatic carbocycles. The fourth-order valence-electron chi connectivity index (χ4n) is 1.99. The van der Waals surface area contributed by atoms with Crippen molar-refractivity contribution < 1.29 is 14.6 Å². The van der Waals surface area contributed by atoms with Crippen molar-refractivity contribution in [2.75, 3.05) is 33.9 Å². The molecule has 24 heavy (non-hydrogen) atoms. The molecule has 1 aromatic carbocycles. The lowest BCUT2D eigenvalue weighted by atomic mass is 10.1. The topological polar surface area (TPSA) is 75.1 Å². The molecular formula is C17H30IN3O3. The van der Waals surface area contributed by atoms with Gasteiger partial charge >= 0.3 is 0 Å². The maximum Gasteiger partial charge on any atom is 0.191 e. The molecular weight excluding hydrogens is 421 g/mol. The van der Waals surface area contributed by atoms with Crippen LogP contribution in [0.25, 0.3) is 0 Å². The molecule has 0 bridgehead atoms. The molecule has 0 heterocycles. The molecule has 0 aliphatic rings. The molecule has 1 unspecified atom stereocenters. The Morgan fingerprint density at radius 1 is 1.17 bits per heavy atom. The van der Waals surface area contributed by atoms with Gasteiger partial charge < -0.3 is 25.2 Å². The van der Waals surface area contributed by atoms with Crippen LogP contribution in [0.1, 0.15) is 32.4 Å². The Hall–Kier alpha value is -1.22. The smallest absolute Gasteiger partial charge is 0.191 e. The highest BCUT2D eigenvalue weighted by atomic mass is 127. The predicted octanol–water partition coefficient (Wildman–Crippen LogP) is 2.57. The van der Waals surface area contributed by atoms with Crippen LogP contribution in [0, 0.1) is 5.92 Å². The van der Waals surface area contributed by atoms with Crippen molar-refractivity contribution in [1.82, 2.24) is 10.6 Å². The van der Waals surface area contributed by atoms with Crippen LogP contribution in [0.5, 0.6) is 11.5 Å². The number of aliphatic hydroxyl groups excluding tert-OH is 1. The van der Waals surface area contributed by atoms with Crippen LogP contribution >= 0.6 is 24.0 Å². The van der Waals surface area contributed by atoms with E-state index < -0.39 is 6.10 Å². The highest BCUT2D eigenvalue weighted by Crippen LogP contribution is 2.29. The van der Waals surface area contributed by atoms with E-state index in [1.54, 1.807) is 26.4 Å². The van der Waals surface area contributed by atoms with E-state index >= 15 is 0 Å².